The number of fused-ring (bicyclic) bond motifs is 1. The Morgan fingerprint density at radius 2 is 1.39 bits per heavy atom. The molecular formula is C18H16ClF6NO2. The van der Waals surface area contributed by atoms with E-state index in [2.05, 4.69) is 5.32 Å². The molecule has 1 aliphatic heterocycles. The summed E-state index contributed by atoms with van der Waals surface area (Å²) in [5, 5.41) is 22.3. The van der Waals surface area contributed by atoms with Gasteiger partial charge in [-0.25, -0.2) is 0 Å². The monoisotopic (exact) mass is 427 g/mol. The van der Waals surface area contributed by atoms with Crippen LogP contribution in [0.4, 0.5) is 26.3 Å². The van der Waals surface area contributed by atoms with Crippen molar-refractivity contribution in [3.8, 4) is 11.5 Å². The number of hydrogen-bond donors (Lipinski definition) is 3. The molecular weight excluding hydrogens is 412 g/mol. The molecule has 154 valence electrons. The first-order valence-electron chi connectivity index (χ1n) is 8.01. The van der Waals surface area contributed by atoms with E-state index >= 15 is 0 Å². The number of alkyl halides is 6. The van der Waals surface area contributed by atoms with E-state index < -0.39 is 35.3 Å². The number of halogens is 7. The summed E-state index contributed by atoms with van der Waals surface area (Å²) in [7, 11) is 0. The van der Waals surface area contributed by atoms with Crippen LogP contribution in [0, 0.1) is 0 Å². The standard InChI is InChI=1S/C18H15F6NO2.ClH/c19-17(20,21)11-3-9(4-12(7-11)18(22,23)24)5-14-13-8-16(27)15(26)6-10(13)1-2-25-14;/h3-4,6-8,14,25-27H,1-2,5H2;1H. The molecule has 0 spiro atoms. The Balaban J connectivity index is 0.00000280. The highest BCUT2D eigenvalue weighted by Gasteiger charge is 2.37. The first-order chi connectivity index (χ1) is 12.4. The fourth-order valence-corrected chi connectivity index (χ4v) is 3.22. The molecule has 28 heavy (non-hydrogen) atoms. The van der Waals surface area contributed by atoms with Gasteiger partial charge in [0.1, 0.15) is 0 Å². The Bertz CT molecular complexity index is 834. The van der Waals surface area contributed by atoms with Gasteiger partial charge < -0.3 is 15.5 Å². The number of phenolic OH excluding ortho intramolecular Hbond substituents is 2. The van der Waals surface area contributed by atoms with Gasteiger partial charge in [-0.2, -0.15) is 26.3 Å². The lowest BCUT2D eigenvalue weighted by Crippen LogP contribution is -2.31. The predicted octanol–water partition coefficient (Wildman–Crippen LogP) is 4.99. The Labute approximate surface area is 162 Å². The third kappa shape index (κ3) is 4.64. The maximum Gasteiger partial charge on any atom is 0.416 e. The second-order valence-electron chi connectivity index (χ2n) is 6.41. The average molecular weight is 428 g/mol. The summed E-state index contributed by atoms with van der Waals surface area (Å²) in [6, 6.07) is 3.53. The van der Waals surface area contributed by atoms with Crippen molar-refractivity contribution in [2.75, 3.05) is 6.54 Å². The average Bonchev–Trinajstić information content (AvgIpc) is 2.55. The molecule has 0 bridgehead atoms. The zero-order valence-corrected chi connectivity index (χ0v) is 15.0. The van der Waals surface area contributed by atoms with Crippen LogP contribution in [0.15, 0.2) is 30.3 Å². The summed E-state index contributed by atoms with van der Waals surface area (Å²) in [6.07, 6.45) is -9.43. The zero-order valence-electron chi connectivity index (χ0n) is 14.2. The number of benzene rings is 2. The topological polar surface area (TPSA) is 52.5 Å². The van der Waals surface area contributed by atoms with Crippen LogP contribution >= 0.6 is 12.4 Å². The van der Waals surface area contributed by atoms with Crippen LogP contribution in [0.2, 0.25) is 0 Å². The quantitative estimate of drug-likeness (QED) is 0.467. The second-order valence-corrected chi connectivity index (χ2v) is 6.41. The lowest BCUT2D eigenvalue weighted by atomic mass is 9.89. The molecule has 0 fully saturated rings. The van der Waals surface area contributed by atoms with Crippen molar-refractivity contribution >= 4 is 12.4 Å². The maximum atomic E-state index is 13.0. The Morgan fingerprint density at radius 1 is 0.857 bits per heavy atom. The van der Waals surface area contributed by atoms with Crippen molar-refractivity contribution in [2.24, 2.45) is 0 Å². The van der Waals surface area contributed by atoms with Crippen molar-refractivity contribution in [1.82, 2.24) is 5.32 Å². The van der Waals surface area contributed by atoms with Gasteiger partial charge >= 0.3 is 12.4 Å². The van der Waals surface area contributed by atoms with Crippen LogP contribution in [0.25, 0.3) is 0 Å². The van der Waals surface area contributed by atoms with Gasteiger partial charge in [-0.05, 0) is 66.4 Å². The van der Waals surface area contributed by atoms with Crippen LogP contribution in [-0.4, -0.2) is 16.8 Å². The summed E-state index contributed by atoms with van der Waals surface area (Å²) >= 11 is 0. The number of aromatic hydroxyl groups is 2. The predicted molar refractivity (Wildman–Crippen MR) is 91.6 cm³/mol. The van der Waals surface area contributed by atoms with Crippen molar-refractivity contribution in [3.63, 3.8) is 0 Å². The van der Waals surface area contributed by atoms with E-state index in [1.807, 2.05) is 0 Å². The molecule has 0 amide bonds. The number of rotatable bonds is 2. The molecule has 0 aromatic heterocycles. The summed E-state index contributed by atoms with van der Waals surface area (Å²) in [6.45, 7) is 0.437. The van der Waals surface area contributed by atoms with Gasteiger partial charge in [-0.1, -0.05) is 0 Å². The molecule has 1 atom stereocenters. The molecule has 1 unspecified atom stereocenters. The van der Waals surface area contributed by atoms with E-state index in [9.17, 15) is 36.6 Å². The third-order valence-corrected chi connectivity index (χ3v) is 4.48. The molecule has 0 saturated heterocycles. The summed E-state index contributed by atoms with van der Waals surface area (Å²) in [5.74, 6) is -0.727. The summed E-state index contributed by atoms with van der Waals surface area (Å²) < 4.78 is 78.0. The van der Waals surface area contributed by atoms with E-state index in [4.69, 9.17) is 0 Å². The van der Waals surface area contributed by atoms with E-state index in [0.717, 1.165) is 0 Å². The van der Waals surface area contributed by atoms with Gasteiger partial charge in [0.05, 0.1) is 11.1 Å². The molecule has 3 N–H and O–H groups in total. The Kier molecular flexibility index (Phi) is 6.10. The third-order valence-electron chi connectivity index (χ3n) is 4.48. The molecule has 1 heterocycles. The van der Waals surface area contributed by atoms with Gasteiger partial charge in [0.15, 0.2) is 11.5 Å². The van der Waals surface area contributed by atoms with Gasteiger partial charge in [-0.3, -0.25) is 0 Å². The molecule has 2 aromatic rings. The molecule has 3 rings (SSSR count). The normalized spacial score (nSPS) is 17.0. The zero-order chi connectivity index (χ0) is 20.0. The molecule has 0 saturated carbocycles. The second kappa shape index (κ2) is 7.71. The largest absolute Gasteiger partial charge is 0.504 e. The van der Waals surface area contributed by atoms with Crippen LogP contribution < -0.4 is 5.32 Å². The lowest BCUT2D eigenvalue weighted by molar-refractivity contribution is -0.143. The van der Waals surface area contributed by atoms with Crippen LogP contribution in [0.5, 0.6) is 11.5 Å². The lowest BCUT2D eigenvalue weighted by Gasteiger charge is -2.28. The maximum absolute atomic E-state index is 13.0. The van der Waals surface area contributed by atoms with Gasteiger partial charge in [0.2, 0.25) is 0 Å². The Morgan fingerprint density at radius 3 is 1.93 bits per heavy atom. The SMILES string of the molecule is Cl.Oc1cc2c(cc1O)C(Cc1cc(C(F)(F)F)cc(C(F)(F)F)c1)NCC2. The number of phenols is 2. The first kappa shape index (κ1) is 22.2. The minimum absolute atomic E-state index is 0. The highest BCUT2D eigenvalue weighted by molar-refractivity contribution is 5.85. The van der Waals surface area contributed by atoms with Crippen LogP contribution in [0.3, 0.4) is 0 Å². The molecule has 0 aliphatic carbocycles. The van der Waals surface area contributed by atoms with Crippen molar-refractivity contribution in [3.05, 3.63) is 58.1 Å². The highest BCUT2D eigenvalue weighted by Crippen LogP contribution is 2.39. The summed E-state index contributed by atoms with van der Waals surface area (Å²) in [5.41, 5.74) is -1.65. The van der Waals surface area contributed by atoms with Crippen molar-refractivity contribution in [1.29, 1.82) is 0 Å². The van der Waals surface area contributed by atoms with Gasteiger partial charge in [-0.15, -0.1) is 12.4 Å². The van der Waals surface area contributed by atoms with Crippen LogP contribution in [-0.2, 0) is 25.2 Å². The molecule has 1 aliphatic rings. The van der Waals surface area contributed by atoms with Crippen LogP contribution in [0.1, 0.15) is 33.9 Å². The van der Waals surface area contributed by atoms with E-state index in [1.165, 1.54) is 12.1 Å². The molecule has 0 radical (unpaired) electrons. The minimum atomic E-state index is -4.90. The fraction of sp³-hybridized carbons (Fsp3) is 0.333. The highest BCUT2D eigenvalue weighted by atomic mass is 35.5. The van der Waals surface area contributed by atoms with Crippen molar-refractivity contribution < 1.29 is 36.6 Å². The fourth-order valence-electron chi connectivity index (χ4n) is 3.22. The first-order valence-corrected chi connectivity index (χ1v) is 8.01. The van der Waals surface area contributed by atoms with Gasteiger partial charge in [0, 0.05) is 6.04 Å². The van der Waals surface area contributed by atoms with E-state index in [-0.39, 0.29) is 36.2 Å². The number of nitrogens with one attached hydrogen (secondary N) is 1. The molecule has 3 nitrogen and oxygen atoms in total. The minimum Gasteiger partial charge on any atom is -0.504 e. The smallest absolute Gasteiger partial charge is 0.416 e. The van der Waals surface area contributed by atoms with Crippen molar-refractivity contribution in [2.45, 2.75) is 31.2 Å². The Hall–Kier alpha value is -2.13. The van der Waals surface area contributed by atoms with Gasteiger partial charge in [0.25, 0.3) is 0 Å². The summed E-state index contributed by atoms with van der Waals surface area (Å²) in [4.78, 5) is 0. The molecule has 2 aromatic carbocycles. The molecule has 10 heteroatoms. The van der Waals surface area contributed by atoms with E-state index in [1.54, 1.807) is 0 Å². The number of hydrogen-bond acceptors (Lipinski definition) is 3. The van der Waals surface area contributed by atoms with E-state index in [0.29, 0.717) is 36.2 Å².